The molecule has 23 heavy (non-hydrogen) atoms. The summed E-state index contributed by atoms with van der Waals surface area (Å²) in [7, 11) is 0. The Hall–Kier alpha value is -1.88. The van der Waals surface area contributed by atoms with Gasteiger partial charge in [0.2, 0.25) is 5.91 Å². The summed E-state index contributed by atoms with van der Waals surface area (Å²) in [6, 6.07) is 7.06. The van der Waals surface area contributed by atoms with Crippen LogP contribution in [0.15, 0.2) is 24.3 Å². The highest BCUT2D eigenvalue weighted by Gasteiger charge is 2.45. The average molecular weight is 317 g/mol. The molecule has 2 heterocycles. The number of carbonyl (C=O) groups excluding carboxylic acids is 2. The molecular formula is C18H25N2O3+. The largest absolute Gasteiger partial charge is 0.494 e. The maximum absolute atomic E-state index is 12.7. The van der Waals surface area contributed by atoms with Crippen LogP contribution in [0.4, 0.5) is 5.69 Å². The van der Waals surface area contributed by atoms with Gasteiger partial charge in [0.1, 0.15) is 5.75 Å². The number of amides is 2. The van der Waals surface area contributed by atoms with Crippen LogP contribution in [0.2, 0.25) is 0 Å². The number of benzene rings is 1. The molecule has 1 aromatic carbocycles. The molecule has 2 fully saturated rings. The summed E-state index contributed by atoms with van der Waals surface area (Å²) >= 11 is 0. The number of imide groups is 1. The van der Waals surface area contributed by atoms with Crippen molar-refractivity contribution < 1.29 is 19.2 Å². The van der Waals surface area contributed by atoms with Crippen LogP contribution in [0.25, 0.3) is 0 Å². The van der Waals surface area contributed by atoms with Gasteiger partial charge in [0.05, 0.1) is 31.8 Å². The zero-order valence-corrected chi connectivity index (χ0v) is 13.7. The second-order valence-corrected chi connectivity index (χ2v) is 6.39. The average Bonchev–Trinajstić information content (AvgIpc) is 2.89. The Morgan fingerprint density at radius 1 is 1.13 bits per heavy atom. The lowest BCUT2D eigenvalue weighted by molar-refractivity contribution is -0.919. The molecule has 0 bridgehead atoms. The van der Waals surface area contributed by atoms with Crippen molar-refractivity contribution in [3.63, 3.8) is 0 Å². The van der Waals surface area contributed by atoms with E-state index in [1.54, 1.807) is 12.1 Å². The standard InChI is InChI=1S/C18H24N2O3/c1-2-12-23-15-8-6-14(7-9-15)20-17(21)13-16(18(20)22)19-10-4-3-5-11-19/h6-9,16H,2-5,10-13H2,1H3/p+1/t16-/m1/s1. The number of piperidine rings is 1. The van der Waals surface area contributed by atoms with Crippen molar-refractivity contribution in [2.24, 2.45) is 0 Å². The first-order valence-corrected chi connectivity index (χ1v) is 8.65. The zero-order valence-electron chi connectivity index (χ0n) is 13.7. The molecular weight excluding hydrogens is 292 g/mol. The van der Waals surface area contributed by atoms with Gasteiger partial charge in [-0.1, -0.05) is 6.92 Å². The monoisotopic (exact) mass is 317 g/mol. The predicted octanol–water partition coefficient (Wildman–Crippen LogP) is 1.18. The van der Waals surface area contributed by atoms with Crippen molar-refractivity contribution in [2.75, 3.05) is 24.6 Å². The maximum Gasteiger partial charge on any atom is 0.292 e. The van der Waals surface area contributed by atoms with Crippen molar-refractivity contribution in [1.82, 2.24) is 0 Å². The Morgan fingerprint density at radius 2 is 1.83 bits per heavy atom. The van der Waals surface area contributed by atoms with E-state index in [1.165, 1.54) is 16.2 Å². The molecule has 0 unspecified atom stereocenters. The molecule has 0 radical (unpaired) electrons. The van der Waals surface area contributed by atoms with Gasteiger partial charge in [0, 0.05) is 0 Å². The van der Waals surface area contributed by atoms with Crippen molar-refractivity contribution in [3.05, 3.63) is 24.3 Å². The number of quaternary nitrogens is 1. The molecule has 2 saturated heterocycles. The molecule has 3 rings (SSSR count). The molecule has 5 nitrogen and oxygen atoms in total. The zero-order chi connectivity index (χ0) is 16.2. The van der Waals surface area contributed by atoms with Crippen LogP contribution in [0, 0.1) is 0 Å². The highest BCUT2D eigenvalue weighted by atomic mass is 16.5. The van der Waals surface area contributed by atoms with E-state index < -0.39 is 0 Å². The summed E-state index contributed by atoms with van der Waals surface area (Å²) in [5, 5.41) is 0. The minimum Gasteiger partial charge on any atom is -0.494 e. The second-order valence-electron chi connectivity index (χ2n) is 6.39. The van der Waals surface area contributed by atoms with Crippen LogP contribution in [-0.2, 0) is 9.59 Å². The van der Waals surface area contributed by atoms with Gasteiger partial charge in [-0.15, -0.1) is 0 Å². The SMILES string of the molecule is CCCOc1ccc(N2C(=O)C[C@@H]([NH+]3CCCCC3)C2=O)cc1. The normalized spacial score (nSPS) is 22.7. The second kappa shape index (κ2) is 7.13. The number of nitrogens with zero attached hydrogens (tertiary/aromatic N) is 1. The molecule has 0 spiro atoms. The lowest BCUT2D eigenvalue weighted by atomic mass is 10.1. The van der Waals surface area contributed by atoms with E-state index in [-0.39, 0.29) is 17.9 Å². The van der Waals surface area contributed by atoms with Gasteiger partial charge in [0.25, 0.3) is 5.91 Å². The topological polar surface area (TPSA) is 51.0 Å². The third kappa shape index (κ3) is 3.39. The molecule has 0 saturated carbocycles. The number of anilines is 1. The lowest BCUT2D eigenvalue weighted by Crippen LogP contribution is -3.17. The molecule has 2 aliphatic rings. The Balaban J connectivity index is 1.71. The first kappa shape index (κ1) is 16.0. The summed E-state index contributed by atoms with van der Waals surface area (Å²) in [4.78, 5) is 27.7. The minimum absolute atomic E-state index is 0.0471. The van der Waals surface area contributed by atoms with Gasteiger partial charge in [0.15, 0.2) is 6.04 Å². The van der Waals surface area contributed by atoms with Gasteiger partial charge in [-0.05, 0) is 49.9 Å². The first-order chi connectivity index (χ1) is 11.2. The summed E-state index contributed by atoms with van der Waals surface area (Å²) in [5.41, 5.74) is 0.655. The fourth-order valence-corrected chi connectivity index (χ4v) is 3.49. The predicted molar refractivity (Wildman–Crippen MR) is 87.7 cm³/mol. The molecule has 1 N–H and O–H groups in total. The van der Waals surface area contributed by atoms with Gasteiger partial charge in [-0.2, -0.15) is 0 Å². The Bertz CT molecular complexity index is 564. The Kier molecular flexibility index (Phi) is 4.96. The number of nitrogens with one attached hydrogen (secondary N) is 1. The lowest BCUT2D eigenvalue weighted by Gasteiger charge is -2.27. The van der Waals surface area contributed by atoms with E-state index in [0.717, 1.165) is 38.1 Å². The smallest absolute Gasteiger partial charge is 0.292 e. The number of likely N-dealkylation sites (tertiary alicyclic amines) is 1. The van der Waals surface area contributed by atoms with Gasteiger partial charge in [-0.25, -0.2) is 4.90 Å². The number of ether oxygens (including phenoxy) is 1. The summed E-state index contributed by atoms with van der Waals surface area (Å²) in [6.07, 6.45) is 4.82. The number of carbonyl (C=O) groups is 2. The molecule has 124 valence electrons. The molecule has 0 aliphatic carbocycles. The van der Waals surface area contributed by atoms with E-state index in [1.807, 2.05) is 12.1 Å². The number of hydrogen-bond donors (Lipinski definition) is 1. The van der Waals surface area contributed by atoms with Crippen molar-refractivity contribution in [1.29, 1.82) is 0 Å². The quantitative estimate of drug-likeness (QED) is 0.830. The Morgan fingerprint density at radius 3 is 2.48 bits per heavy atom. The van der Waals surface area contributed by atoms with E-state index in [9.17, 15) is 9.59 Å². The number of rotatable bonds is 5. The van der Waals surface area contributed by atoms with Crippen LogP contribution in [0.5, 0.6) is 5.75 Å². The Labute approximate surface area is 137 Å². The molecule has 1 atom stereocenters. The molecule has 5 heteroatoms. The van der Waals surface area contributed by atoms with Crippen molar-refractivity contribution >= 4 is 17.5 Å². The third-order valence-corrected chi connectivity index (χ3v) is 4.70. The molecule has 2 aliphatic heterocycles. The van der Waals surface area contributed by atoms with Gasteiger partial charge < -0.3 is 9.64 Å². The van der Waals surface area contributed by atoms with Gasteiger partial charge >= 0.3 is 0 Å². The fraction of sp³-hybridized carbons (Fsp3) is 0.556. The highest BCUT2D eigenvalue weighted by molar-refractivity contribution is 6.21. The third-order valence-electron chi connectivity index (χ3n) is 4.70. The minimum atomic E-state index is -0.196. The number of hydrogen-bond acceptors (Lipinski definition) is 3. The highest BCUT2D eigenvalue weighted by Crippen LogP contribution is 2.24. The summed E-state index contributed by atoms with van der Waals surface area (Å²) < 4.78 is 5.55. The van der Waals surface area contributed by atoms with E-state index >= 15 is 0 Å². The molecule has 1 aromatic rings. The van der Waals surface area contributed by atoms with Crippen LogP contribution in [0.1, 0.15) is 39.0 Å². The maximum atomic E-state index is 12.7. The van der Waals surface area contributed by atoms with Crippen molar-refractivity contribution in [2.45, 2.75) is 45.1 Å². The van der Waals surface area contributed by atoms with Crippen LogP contribution in [0.3, 0.4) is 0 Å². The van der Waals surface area contributed by atoms with Crippen LogP contribution in [-0.4, -0.2) is 37.6 Å². The molecule has 2 amide bonds. The first-order valence-electron chi connectivity index (χ1n) is 8.65. The molecule has 0 aromatic heterocycles. The van der Waals surface area contributed by atoms with E-state index in [2.05, 4.69) is 6.92 Å². The summed E-state index contributed by atoms with van der Waals surface area (Å²) in [5.74, 6) is 0.641. The van der Waals surface area contributed by atoms with Gasteiger partial charge in [-0.3, -0.25) is 9.59 Å². The van der Waals surface area contributed by atoms with Crippen LogP contribution < -0.4 is 14.5 Å². The summed E-state index contributed by atoms with van der Waals surface area (Å²) in [6.45, 7) is 4.73. The van der Waals surface area contributed by atoms with Crippen LogP contribution >= 0.6 is 0 Å². The van der Waals surface area contributed by atoms with E-state index in [4.69, 9.17) is 4.74 Å². The van der Waals surface area contributed by atoms with Crippen molar-refractivity contribution in [3.8, 4) is 5.75 Å². The van der Waals surface area contributed by atoms with E-state index in [0.29, 0.717) is 18.7 Å². The fourth-order valence-electron chi connectivity index (χ4n) is 3.49.